The maximum atomic E-state index is 14.5. The number of carbonyl (C=O) groups excluding carboxylic acids is 2. The van der Waals surface area contributed by atoms with Crippen LogP contribution in [-0.2, 0) is 9.53 Å². The first-order valence-electron chi connectivity index (χ1n) is 7.17. The highest BCUT2D eigenvalue weighted by Gasteiger charge is 2.34. The fourth-order valence-electron chi connectivity index (χ4n) is 1.73. The number of rotatable bonds is 3. The van der Waals surface area contributed by atoms with Crippen LogP contribution in [0.5, 0.6) is 0 Å². The first-order valence-corrected chi connectivity index (χ1v) is 7.17. The molecule has 1 fully saturated rings. The Morgan fingerprint density at radius 2 is 1.96 bits per heavy atom. The average Bonchev–Trinajstić information content (AvgIpc) is 3.25. The molecule has 9 nitrogen and oxygen atoms in total. The largest absolute Gasteiger partial charge is 0.464 e. The van der Waals surface area contributed by atoms with Crippen molar-refractivity contribution in [3.8, 4) is 0 Å². The third-order valence-electron chi connectivity index (χ3n) is 2.94. The Labute approximate surface area is 136 Å². The zero-order chi connectivity index (χ0) is 18.1. The second-order valence-electron chi connectivity index (χ2n) is 6.22. The van der Waals surface area contributed by atoms with Crippen LogP contribution in [0.4, 0.5) is 25.6 Å². The van der Waals surface area contributed by atoms with Gasteiger partial charge in [0.2, 0.25) is 11.7 Å². The number of nitrogens with zero attached hydrogens (tertiary/aromatic N) is 3. The van der Waals surface area contributed by atoms with Crippen molar-refractivity contribution in [3.05, 3.63) is 12.1 Å². The van der Waals surface area contributed by atoms with E-state index in [-0.39, 0.29) is 10.8 Å². The summed E-state index contributed by atoms with van der Waals surface area (Å²) in [5.41, 5.74) is -0.989. The van der Waals surface area contributed by atoms with Crippen LogP contribution in [0.3, 0.4) is 0 Å². The summed E-state index contributed by atoms with van der Waals surface area (Å²) in [6.45, 7) is 4.59. The van der Waals surface area contributed by atoms with Gasteiger partial charge in [-0.15, -0.1) is 0 Å². The lowest BCUT2D eigenvalue weighted by Gasteiger charge is -2.24. The van der Waals surface area contributed by atoms with E-state index >= 15 is 0 Å². The van der Waals surface area contributed by atoms with Crippen molar-refractivity contribution in [1.82, 2.24) is 9.97 Å². The molecule has 0 atom stereocenters. The number of hydrogen-bond donors (Lipinski definition) is 2. The van der Waals surface area contributed by atoms with Gasteiger partial charge in [0, 0.05) is 5.92 Å². The number of amides is 3. The number of ether oxygens (including phenoxy) is 1. The Balaban J connectivity index is 2.31. The highest BCUT2D eigenvalue weighted by atomic mass is 19.1. The van der Waals surface area contributed by atoms with Crippen molar-refractivity contribution in [2.45, 2.75) is 39.2 Å². The average molecular weight is 340 g/mol. The lowest BCUT2D eigenvalue weighted by Crippen LogP contribution is -2.41. The molecule has 1 saturated carbocycles. The van der Waals surface area contributed by atoms with Crippen molar-refractivity contribution in [1.29, 1.82) is 0 Å². The molecule has 1 heterocycles. The maximum Gasteiger partial charge on any atom is 0.425 e. The Hall–Kier alpha value is -2.78. The van der Waals surface area contributed by atoms with E-state index in [0.29, 0.717) is 12.8 Å². The zero-order valence-corrected chi connectivity index (χ0v) is 13.4. The molecule has 0 spiro atoms. The van der Waals surface area contributed by atoms with Crippen LogP contribution in [0.1, 0.15) is 33.6 Å². The second kappa shape index (κ2) is 6.38. The molecule has 2 rings (SSSR count). The smallest absolute Gasteiger partial charge is 0.425 e. The van der Waals surface area contributed by atoms with E-state index in [9.17, 15) is 23.9 Å². The van der Waals surface area contributed by atoms with Crippen LogP contribution in [-0.4, -0.2) is 38.8 Å². The van der Waals surface area contributed by atoms with Crippen LogP contribution in [0, 0.1) is 11.7 Å². The topological polar surface area (TPSA) is 122 Å². The summed E-state index contributed by atoms with van der Waals surface area (Å²) in [6.07, 6.45) is -0.843. The Kier molecular flexibility index (Phi) is 4.67. The van der Waals surface area contributed by atoms with Gasteiger partial charge in [-0.1, -0.05) is 0 Å². The summed E-state index contributed by atoms with van der Waals surface area (Å²) >= 11 is 0. The summed E-state index contributed by atoms with van der Waals surface area (Å²) in [5.74, 6) is -3.17. The zero-order valence-electron chi connectivity index (χ0n) is 13.4. The lowest BCUT2D eigenvalue weighted by atomic mass is 10.2. The number of nitrogens with one attached hydrogen (secondary N) is 1. The summed E-state index contributed by atoms with van der Waals surface area (Å²) in [5, 5.41) is 11.5. The van der Waals surface area contributed by atoms with E-state index in [1.165, 1.54) is 20.8 Å². The fraction of sp³-hybridized carbons (Fsp3) is 0.500. The predicted molar refractivity (Wildman–Crippen MR) is 80.1 cm³/mol. The molecule has 1 aromatic rings. The van der Waals surface area contributed by atoms with E-state index in [0.717, 1.165) is 6.33 Å². The third-order valence-corrected chi connectivity index (χ3v) is 2.94. The van der Waals surface area contributed by atoms with Gasteiger partial charge in [0.05, 0.1) is 0 Å². The number of carbonyl (C=O) groups is 3. The quantitative estimate of drug-likeness (QED) is 0.866. The van der Waals surface area contributed by atoms with Gasteiger partial charge in [-0.25, -0.2) is 19.6 Å². The minimum absolute atomic E-state index is 0.0229. The molecule has 130 valence electrons. The molecular formula is C14H17FN4O5. The van der Waals surface area contributed by atoms with Gasteiger partial charge < -0.3 is 15.2 Å². The van der Waals surface area contributed by atoms with E-state index in [4.69, 9.17) is 4.74 Å². The number of halogens is 1. The molecule has 0 saturated heterocycles. The second-order valence-corrected chi connectivity index (χ2v) is 6.22. The molecule has 3 amide bonds. The fourth-order valence-corrected chi connectivity index (χ4v) is 1.73. The van der Waals surface area contributed by atoms with Crippen LogP contribution in [0.2, 0.25) is 0 Å². The predicted octanol–water partition coefficient (Wildman–Crippen LogP) is 2.38. The lowest BCUT2D eigenvalue weighted by molar-refractivity contribution is -0.117. The van der Waals surface area contributed by atoms with E-state index in [1.54, 1.807) is 0 Å². The van der Waals surface area contributed by atoms with Crippen molar-refractivity contribution >= 4 is 29.7 Å². The molecule has 0 bridgehead atoms. The van der Waals surface area contributed by atoms with Gasteiger partial charge in [-0.05, 0) is 33.6 Å². The molecule has 1 aliphatic carbocycles. The molecule has 1 aliphatic rings. The van der Waals surface area contributed by atoms with Crippen LogP contribution < -0.4 is 10.2 Å². The Morgan fingerprint density at radius 3 is 2.46 bits per heavy atom. The number of carboxylic acid groups (broad SMARTS) is 1. The van der Waals surface area contributed by atoms with Gasteiger partial charge in [-0.3, -0.25) is 4.79 Å². The van der Waals surface area contributed by atoms with Crippen LogP contribution >= 0.6 is 0 Å². The standard InChI is InChI=1S/C14H17FN4O5/c1-14(2,3)24-13(23)19(12(21)22)10-8(15)9(16-6-17-10)18-11(20)7-4-5-7/h6-7H,4-5H2,1-3H3,(H,21,22)(H,16,17,18,20). The van der Waals surface area contributed by atoms with Crippen LogP contribution in [0.15, 0.2) is 6.33 Å². The molecule has 0 aromatic carbocycles. The minimum Gasteiger partial charge on any atom is -0.464 e. The van der Waals surface area contributed by atoms with Gasteiger partial charge >= 0.3 is 12.2 Å². The Bertz CT molecular complexity index is 684. The molecule has 10 heteroatoms. The molecule has 1 aromatic heterocycles. The van der Waals surface area contributed by atoms with Crippen molar-refractivity contribution in [2.24, 2.45) is 5.92 Å². The normalized spacial score (nSPS) is 14.0. The van der Waals surface area contributed by atoms with Gasteiger partial charge in [0.1, 0.15) is 11.9 Å². The van der Waals surface area contributed by atoms with Crippen molar-refractivity contribution in [3.63, 3.8) is 0 Å². The van der Waals surface area contributed by atoms with Gasteiger partial charge in [0.15, 0.2) is 11.6 Å². The molecular weight excluding hydrogens is 323 g/mol. The first kappa shape index (κ1) is 17.6. The molecule has 24 heavy (non-hydrogen) atoms. The monoisotopic (exact) mass is 340 g/mol. The van der Waals surface area contributed by atoms with E-state index in [1.807, 2.05) is 0 Å². The van der Waals surface area contributed by atoms with Crippen molar-refractivity contribution in [2.75, 3.05) is 10.2 Å². The SMILES string of the molecule is CC(C)(C)OC(=O)N(C(=O)O)c1ncnc(NC(=O)C2CC2)c1F. The number of hydrogen-bond acceptors (Lipinski definition) is 6. The summed E-state index contributed by atoms with van der Waals surface area (Å²) < 4.78 is 19.4. The summed E-state index contributed by atoms with van der Waals surface area (Å²) in [4.78, 5) is 42.1. The summed E-state index contributed by atoms with van der Waals surface area (Å²) in [6, 6.07) is 0. The van der Waals surface area contributed by atoms with Gasteiger partial charge in [0.25, 0.3) is 0 Å². The Morgan fingerprint density at radius 1 is 1.33 bits per heavy atom. The van der Waals surface area contributed by atoms with E-state index < -0.39 is 41.1 Å². The molecule has 0 aliphatic heterocycles. The highest BCUT2D eigenvalue weighted by Crippen LogP contribution is 2.31. The summed E-state index contributed by atoms with van der Waals surface area (Å²) in [7, 11) is 0. The van der Waals surface area contributed by atoms with Crippen molar-refractivity contribution < 1.29 is 28.6 Å². The number of imide groups is 1. The number of anilines is 2. The third kappa shape index (κ3) is 4.15. The maximum absolute atomic E-state index is 14.5. The molecule has 0 unspecified atom stereocenters. The molecule has 0 radical (unpaired) electrons. The van der Waals surface area contributed by atoms with E-state index in [2.05, 4.69) is 15.3 Å². The minimum atomic E-state index is -1.78. The first-order chi connectivity index (χ1) is 11.1. The highest BCUT2D eigenvalue weighted by molar-refractivity contribution is 6.08. The van der Waals surface area contributed by atoms with Crippen LogP contribution in [0.25, 0.3) is 0 Å². The van der Waals surface area contributed by atoms with Gasteiger partial charge in [-0.2, -0.15) is 9.29 Å². The number of aromatic nitrogens is 2. The molecule has 2 N–H and O–H groups in total.